The van der Waals surface area contributed by atoms with Gasteiger partial charge in [0, 0.05) is 22.9 Å². The maximum atomic E-state index is 12.2. The number of amides is 2. The summed E-state index contributed by atoms with van der Waals surface area (Å²) in [4.78, 5) is 24.1. The molecule has 0 unspecified atom stereocenters. The molecular weight excluding hydrogens is 304 g/mol. The summed E-state index contributed by atoms with van der Waals surface area (Å²) in [6.07, 6.45) is 2.12. The van der Waals surface area contributed by atoms with Crippen LogP contribution in [-0.4, -0.2) is 24.5 Å². The molecule has 2 aromatic carbocycles. The molecule has 2 N–H and O–H groups in total. The number of rotatable bonds is 6. The average Bonchev–Trinajstić information content (AvgIpc) is 3.40. The summed E-state index contributed by atoms with van der Waals surface area (Å²) >= 11 is 0. The molecule has 1 aliphatic rings. The van der Waals surface area contributed by atoms with E-state index in [-0.39, 0.29) is 11.8 Å². The van der Waals surface area contributed by atoms with Gasteiger partial charge < -0.3 is 15.4 Å². The Bertz CT molecular complexity index is 719. The molecule has 24 heavy (non-hydrogen) atoms. The zero-order valence-electron chi connectivity index (χ0n) is 13.5. The first-order chi connectivity index (χ1) is 11.7. The zero-order chi connectivity index (χ0) is 16.9. The monoisotopic (exact) mass is 324 g/mol. The van der Waals surface area contributed by atoms with E-state index >= 15 is 0 Å². The highest BCUT2D eigenvalue weighted by Gasteiger charge is 2.23. The Labute approximate surface area is 141 Å². The molecule has 0 radical (unpaired) electrons. The van der Waals surface area contributed by atoms with E-state index in [0.717, 1.165) is 18.6 Å². The van der Waals surface area contributed by atoms with Crippen molar-refractivity contribution in [2.45, 2.75) is 25.8 Å². The minimum Gasteiger partial charge on any atom is -0.494 e. The number of carbonyl (C=O) groups excluding carboxylic acids is 2. The number of hydrogen-bond acceptors (Lipinski definition) is 3. The van der Waals surface area contributed by atoms with Crippen LogP contribution in [0.15, 0.2) is 48.5 Å². The normalized spacial score (nSPS) is 13.2. The van der Waals surface area contributed by atoms with Crippen molar-refractivity contribution in [3.8, 4) is 5.75 Å². The molecule has 0 spiro atoms. The van der Waals surface area contributed by atoms with Crippen LogP contribution in [0.3, 0.4) is 0 Å². The number of hydrogen-bond donors (Lipinski definition) is 2. The van der Waals surface area contributed by atoms with Gasteiger partial charge in [0.1, 0.15) is 5.75 Å². The lowest BCUT2D eigenvalue weighted by Crippen LogP contribution is -2.25. The maximum Gasteiger partial charge on any atom is 0.255 e. The van der Waals surface area contributed by atoms with Gasteiger partial charge in [-0.1, -0.05) is 0 Å². The Morgan fingerprint density at radius 1 is 0.958 bits per heavy atom. The number of benzene rings is 2. The van der Waals surface area contributed by atoms with Crippen molar-refractivity contribution in [3.63, 3.8) is 0 Å². The summed E-state index contributed by atoms with van der Waals surface area (Å²) in [5.74, 6) is 0.468. The van der Waals surface area contributed by atoms with Crippen LogP contribution in [0.1, 0.15) is 40.5 Å². The lowest BCUT2D eigenvalue weighted by atomic mass is 10.1. The van der Waals surface area contributed by atoms with E-state index in [1.165, 1.54) is 0 Å². The van der Waals surface area contributed by atoms with Crippen LogP contribution in [0.4, 0.5) is 5.69 Å². The second-order valence-corrected chi connectivity index (χ2v) is 5.74. The average molecular weight is 324 g/mol. The predicted octanol–water partition coefficient (Wildman–Crippen LogP) is 3.23. The van der Waals surface area contributed by atoms with E-state index in [4.69, 9.17) is 4.74 Å². The SMILES string of the molecule is CCOc1ccc(C(=O)Nc2ccc(C(=O)NC3CC3)cc2)cc1. The molecule has 0 bridgehead atoms. The van der Waals surface area contributed by atoms with Crippen molar-refractivity contribution < 1.29 is 14.3 Å². The smallest absolute Gasteiger partial charge is 0.255 e. The Hall–Kier alpha value is -2.82. The van der Waals surface area contributed by atoms with Crippen molar-refractivity contribution in [2.24, 2.45) is 0 Å². The van der Waals surface area contributed by atoms with Gasteiger partial charge in [0.05, 0.1) is 6.61 Å². The number of carbonyl (C=O) groups is 2. The third-order valence-electron chi connectivity index (χ3n) is 3.75. The molecule has 2 amide bonds. The first-order valence-electron chi connectivity index (χ1n) is 8.11. The lowest BCUT2D eigenvalue weighted by Gasteiger charge is -2.08. The highest BCUT2D eigenvalue weighted by Crippen LogP contribution is 2.20. The van der Waals surface area contributed by atoms with E-state index < -0.39 is 0 Å². The molecule has 1 saturated carbocycles. The van der Waals surface area contributed by atoms with Crippen LogP contribution in [0.5, 0.6) is 5.75 Å². The molecule has 5 nitrogen and oxygen atoms in total. The van der Waals surface area contributed by atoms with Crippen LogP contribution in [0.2, 0.25) is 0 Å². The largest absolute Gasteiger partial charge is 0.494 e. The first-order valence-corrected chi connectivity index (χ1v) is 8.11. The molecule has 124 valence electrons. The fourth-order valence-corrected chi connectivity index (χ4v) is 2.27. The molecule has 5 heteroatoms. The highest BCUT2D eigenvalue weighted by atomic mass is 16.5. The predicted molar refractivity (Wildman–Crippen MR) is 92.5 cm³/mol. The van der Waals surface area contributed by atoms with Crippen LogP contribution in [0.25, 0.3) is 0 Å². The van der Waals surface area contributed by atoms with Gasteiger partial charge in [-0.2, -0.15) is 0 Å². The van der Waals surface area contributed by atoms with Crippen molar-refractivity contribution in [1.29, 1.82) is 0 Å². The van der Waals surface area contributed by atoms with E-state index in [1.54, 1.807) is 48.5 Å². The Balaban J connectivity index is 1.60. The lowest BCUT2D eigenvalue weighted by molar-refractivity contribution is 0.0950. The third kappa shape index (κ3) is 4.13. The highest BCUT2D eigenvalue weighted by molar-refractivity contribution is 6.04. The van der Waals surface area contributed by atoms with Crippen molar-refractivity contribution in [3.05, 3.63) is 59.7 Å². The van der Waals surface area contributed by atoms with Gasteiger partial charge in [-0.05, 0) is 68.3 Å². The molecule has 0 heterocycles. The van der Waals surface area contributed by atoms with Gasteiger partial charge in [-0.25, -0.2) is 0 Å². The molecule has 1 fully saturated rings. The van der Waals surface area contributed by atoms with E-state index in [0.29, 0.717) is 29.5 Å². The second kappa shape index (κ2) is 7.17. The molecule has 0 aliphatic heterocycles. The number of anilines is 1. The minimum absolute atomic E-state index is 0.0677. The number of ether oxygens (including phenoxy) is 1. The zero-order valence-corrected chi connectivity index (χ0v) is 13.5. The summed E-state index contributed by atoms with van der Waals surface area (Å²) in [6, 6.07) is 14.2. The molecule has 2 aromatic rings. The maximum absolute atomic E-state index is 12.2. The van der Waals surface area contributed by atoms with Gasteiger partial charge in [-0.15, -0.1) is 0 Å². The molecular formula is C19H20N2O3. The van der Waals surface area contributed by atoms with E-state index in [1.807, 2.05) is 6.92 Å². The van der Waals surface area contributed by atoms with E-state index in [2.05, 4.69) is 10.6 Å². The number of nitrogens with one attached hydrogen (secondary N) is 2. The topological polar surface area (TPSA) is 67.4 Å². The van der Waals surface area contributed by atoms with Gasteiger partial charge in [0.15, 0.2) is 0 Å². The van der Waals surface area contributed by atoms with E-state index in [9.17, 15) is 9.59 Å². The molecule has 0 aromatic heterocycles. The van der Waals surface area contributed by atoms with Gasteiger partial charge in [0.25, 0.3) is 11.8 Å². The third-order valence-corrected chi connectivity index (χ3v) is 3.75. The Kier molecular flexibility index (Phi) is 4.79. The summed E-state index contributed by atoms with van der Waals surface area (Å²) < 4.78 is 5.36. The summed E-state index contributed by atoms with van der Waals surface area (Å²) in [6.45, 7) is 2.50. The van der Waals surface area contributed by atoms with Gasteiger partial charge in [-0.3, -0.25) is 9.59 Å². The van der Waals surface area contributed by atoms with Crippen molar-refractivity contribution in [1.82, 2.24) is 5.32 Å². The summed E-state index contributed by atoms with van der Waals surface area (Å²) in [5, 5.41) is 5.75. The van der Waals surface area contributed by atoms with Crippen molar-refractivity contribution in [2.75, 3.05) is 11.9 Å². The molecule has 0 atom stereocenters. The second-order valence-electron chi connectivity index (χ2n) is 5.74. The minimum atomic E-state index is -0.201. The van der Waals surface area contributed by atoms with Crippen LogP contribution in [-0.2, 0) is 0 Å². The fraction of sp³-hybridized carbons (Fsp3) is 0.263. The summed E-state index contributed by atoms with van der Waals surface area (Å²) in [5.41, 5.74) is 1.80. The first kappa shape index (κ1) is 16.1. The Morgan fingerprint density at radius 2 is 1.54 bits per heavy atom. The van der Waals surface area contributed by atoms with Gasteiger partial charge in [0.2, 0.25) is 0 Å². The van der Waals surface area contributed by atoms with Crippen LogP contribution in [0, 0.1) is 0 Å². The van der Waals surface area contributed by atoms with Crippen LogP contribution >= 0.6 is 0 Å². The quantitative estimate of drug-likeness (QED) is 0.857. The van der Waals surface area contributed by atoms with Crippen LogP contribution < -0.4 is 15.4 Å². The fourth-order valence-electron chi connectivity index (χ4n) is 2.27. The molecule has 1 aliphatic carbocycles. The molecule has 3 rings (SSSR count). The van der Waals surface area contributed by atoms with Gasteiger partial charge >= 0.3 is 0 Å². The summed E-state index contributed by atoms with van der Waals surface area (Å²) in [7, 11) is 0. The van der Waals surface area contributed by atoms with Crippen molar-refractivity contribution >= 4 is 17.5 Å². The Morgan fingerprint density at radius 3 is 2.12 bits per heavy atom. The standard InChI is InChI=1S/C19H20N2O3/c1-2-24-17-11-5-14(6-12-17)19(23)20-15-7-3-13(4-8-15)18(22)21-16-9-10-16/h3-8,11-12,16H,2,9-10H2,1H3,(H,20,23)(H,21,22). The molecule has 0 saturated heterocycles.